The first-order chi connectivity index (χ1) is 13.4. The van der Waals surface area contributed by atoms with Crippen LogP contribution in [0.3, 0.4) is 0 Å². The van der Waals surface area contributed by atoms with Gasteiger partial charge in [-0.2, -0.15) is 0 Å². The molecule has 0 radical (unpaired) electrons. The molecule has 170 valence electrons. The average Bonchev–Trinajstić information content (AvgIpc) is 2.67. The van der Waals surface area contributed by atoms with Crippen LogP contribution in [0.5, 0.6) is 0 Å². The summed E-state index contributed by atoms with van der Waals surface area (Å²) < 4.78 is 26.3. The van der Waals surface area contributed by atoms with Gasteiger partial charge in [0.25, 0.3) is 0 Å². The van der Waals surface area contributed by atoms with Gasteiger partial charge in [-0.1, -0.05) is 26.7 Å². The van der Waals surface area contributed by atoms with Crippen LogP contribution in [0.15, 0.2) is 0 Å². The highest BCUT2D eigenvalue weighted by atomic mass is 16.6. The van der Waals surface area contributed by atoms with Crippen molar-refractivity contribution >= 4 is 5.97 Å². The van der Waals surface area contributed by atoms with Crippen LogP contribution < -0.4 is 0 Å². The van der Waals surface area contributed by atoms with Crippen LogP contribution in [0.1, 0.15) is 67.2 Å². The smallest absolute Gasteiger partial charge is 0.302 e. The van der Waals surface area contributed by atoms with Crippen molar-refractivity contribution in [3.8, 4) is 0 Å². The standard InChI is InChI=1S/C13H28O4.C8H16O3/c1-5-6-7-15-12(3)9-17-13(4)10-16-11(2)8-14;1-3-4-5-10-6-7-11-8(2)9/h11-14H,5-10H2,1-4H3;3-7H2,1-2H3. The molecular weight excluding hydrogens is 364 g/mol. The molecule has 0 fully saturated rings. The molecule has 0 aliphatic heterocycles. The lowest BCUT2D eigenvalue weighted by Gasteiger charge is -2.19. The van der Waals surface area contributed by atoms with Gasteiger partial charge >= 0.3 is 5.97 Å². The van der Waals surface area contributed by atoms with Crippen molar-refractivity contribution in [1.29, 1.82) is 0 Å². The summed E-state index contributed by atoms with van der Waals surface area (Å²) in [5, 5.41) is 8.80. The number of rotatable bonds is 17. The second-order valence-corrected chi connectivity index (χ2v) is 6.81. The number of carbonyl (C=O) groups is 1. The van der Waals surface area contributed by atoms with E-state index in [2.05, 4.69) is 18.6 Å². The molecular formula is C21H44O7. The van der Waals surface area contributed by atoms with Crippen LogP contribution in [0.25, 0.3) is 0 Å². The van der Waals surface area contributed by atoms with Gasteiger partial charge in [0, 0.05) is 20.1 Å². The highest BCUT2D eigenvalue weighted by Crippen LogP contribution is 2.01. The van der Waals surface area contributed by atoms with Gasteiger partial charge in [0.1, 0.15) is 6.61 Å². The molecule has 28 heavy (non-hydrogen) atoms. The first kappa shape index (κ1) is 29.5. The number of aliphatic hydroxyl groups excluding tert-OH is 1. The van der Waals surface area contributed by atoms with Gasteiger partial charge in [-0.15, -0.1) is 0 Å². The monoisotopic (exact) mass is 408 g/mol. The number of hydrogen-bond acceptors (Lipinski definition) is 7. The van der Waals surface area contributed by atoms with E-state index in [0.717, 1.165) is 38.9 Å². The van der Waals surface area contributed by atoms with E-state index in [9.17, 15) is 4.79 Å². The van der Waals surface area contributed by atoms with Crippen LogP contribution in [-0.4, -0.2) is 75.6 Å². The number of esters is 1. The largest absolute Gasteiger partial charge is 0.463 e. The fraction of sp³-hybridized carbons (Fsp3) is 0.952. The maximum atomic E-state index is 10.3. The lowest BCUT2D eigenvalue weighted by Crippen LogP contribution is -2.26. The van der Waals surface area contributed by atoms with E-state index in [1.165, 1.54) is 6.92 Å². The number of ether oxygens (including phenoxy) is 5. The third-order valence-corrected chi connectivity index (χ3v) is 3.56. The fourth-order valence-corrected chi connectivity index (χ4v) is 1.77. The molecule has 0 saturated carbocycles. The Balaban J connectivity index is 0. The minimum absolute atomic E-state index is 0.0289. The molecule has 0 spiro atoms. The zero-order valence-electron chi connectivity index (χ0n) is 18.9. The quantitative estimate of drug-likeness (QED) is 0.292. The molecule has 0 aliphatic carbocycles. The van der Waals surface area contributed by atoms with E-state index in [1.54, 1.807) is 0 Å². The molecule has 0 aromatic carbocycles. The van der Waals surface area contributed by atoms with Crippen molar-refractivity contribution in [3.63, 3.8) is 0 Å². The van der Waals surface area contributed by atoms with Crippen LogP contribution in [0.2, 0.25) is 0 Å². The Morgan fingerprint density at radius 3 is 1.86 bits per heavy atom. The van der Waals surface area contributed by atoms with Gasteiger partial charge in [-0.3, -0.25) is 4.79 Å². The van der Waals surface area contributed by atoms with E-state index in [-0.39, 0.29) is 30.9 Å². The number of carbonyl (C=O) groups excluding carboxylic acids is 1. The van der Waals surface area contributed by atoms with E-state index >= 15 is 0 Å². The molecule has 1 N–H and O–H groups in total. The van der Waals surface area contributed by atoms with Crippen LogP contribution in [0, 0.1) is 0 Å². The second-order valence-electron chi connectivity index (χ2n) is 6.81. The van der Waals surface area contributed by atoms with E-state index < -0.39 is 0 Å². The fourth-order valence-electron chi connectivity index (χ4n) is 1.77. The maximum absolute atomic E-state index is 10.3. The third-order valence-electron chi connectivity index (χ3n) is 3.56. The first-order valence-electron chi connectivity index (χ1n) is 10.5. The normalized spacial score (nSPS) is 14.0. The van der Waals surface area contributed by atoms with Crippen molar-refractivity contribution in [2.75, 3.05) is 46.2 Å². The van der Waals surface area contributed by atoms with Crippen LogP contribution >= 0.6 is 0 Å². The van der Waals surface area contributed by atoms with Crippen molar-refractivity contribution < 1.29 is 33.6 Å². The Bertz CT molecular complexity index is 326. The Hall–Kier alpha value is -0.730. The number of aliphatic hydroxyl groups is 1. The minimum Gasteiger partial charge on any atom is -0.463 e. The zero-order valence-corrected chi connectivity index (χ0v) is 18.9. The molecule has 7 nitrogen and oxygen atoms in total. The molecule has 7 heteroatoms. The highest BCUT2D eigenvalue weighted by molar-refractivity contribution is 5.65. The van der Waals surface area contributed by atoms with E-state index in [4.69, 9.17) is 24.1 Å². The van der Waals surface area contributed by atoms with Crippen molar-refractivity contribution in [1.82, 2.24) is 0 Å². The predicted octanol–water partition coefficient (Wildman–Crippen LogP) is 3.36. The van der Waals surface area contributed by atoms with Gasteiger partial charge in [0.15, 0.2) is 0 Å². The van der Waals surface area contributed by atoms with Crippen molar-refractivity contribution in [3.05, 3.63) is 0 Å². The summed E-state index contributed by atoms with van der Waals surface area (Å²) in [6.45, 7) is 15.0. The molecule has 0 aromatic heterocycles. The van der Waals surface area contributed by atoms with Crippen molar-refractivity contribution in [2.45, 2.75) is 85.5 Å². The topological polar surface area (TPSA) is 83.5 Å². The Morgan fingerprint density at radius 1 is 0.786 bits per heavy atom. The summed E-state index contributed by atoms with van der Waals surface area (Å²) in [6, 6.07) is 0. The summed E-state index contributed by atoms with van der Waals surface area (Å²) in [7, 11) is 0. The number of hydrogen-bond donors (Lipinski definition) is 1. The molecule has 0 aromatic rings. The lowest BCUT2D eigenvalue weighted by molar-refractivity contribution is -0.142. The predicted molar refractivity (Wildman–Crippen MR) is 111 cm³/mol. The molecule has 0 aliphatic rings. The van der Waals surface area contributed by atoms with Crippen LogP contribution in [-0.2, 0) is 28.5 Å². The summed E-state index contributed by atoms with van der Waals surface area (Å²) >= 11 is 0. The Labute approximate surface area is 172 Å². The lowest BCUT2D eigenvalue weighted by atomic mass is 10.3. The molecule has 3 atom stereocenters. The summed E-state index contributed by atoms with van der Waals surface area (Å²) in [5.41, 5.74) is 0. The second kappa shape index (κ2) is 22.6. The van der Waals surface area contributed by atoms with Gasteiger partial charge in [-0.05, 0) is 33.6 Å². The van der Waals surface area contributed by atoms with Gasteiger partial charge in [-0.25, -0.2) is 0 Å². The van der Waals surface area contributed by atoms with Gasteiger partial charge in [0.2, 0.25) is 0 Å². The first-order valence-corrected chi connectivity index (χ1v) is 10.5. The maximum Gasteiger partial charge on any atom is 0.302 e. The molecule has 3 unspecified atom stereocenters. The number of unbranched alkanes of at least 4 members (excludes halogenated alkanes) is 2. The van der Waals surface area contributed by atoms with Crippen molar-refractivity contribution in [2.24, 2.45) is 0 Å². The molecule has 0 amide bonds. The minimum atomic E-state index is -0.246. The Kier molecular flexibility index (Phi) is 23.7. The average molecular weight is 409 g/mol. The molecule has 0 saturated heterocycles. The van der Waals surface area contributed by atoms with Crippen LogP contribution in [0.4, 0.5) is 0 Å². The highest BCUT2D eigenvalue weighted by Gasteiger charge is 2.09. The molecule has 0 heterocycles. The SMILES string of the molecule is CCCCOC(C)COC(C)COC(C)CO.CCCCOCCOC(C)=O. The summed E-state index contributed by atoms with van der Waals surface area (Å²) in [4.78, 5) is 10.3. The Morgan fingerprint density at radius 2 is 1.32 bits per heavy atom. The molecule has 0 rings (SSSR count). The summed E-state index contributed by atoms with van der Waals surface area (Å²) in [5.74, 6) is -0.246. The van der Waals surface area contributed by atoms with Gasteiger partial charge < -0.3 is 28.8 Å². The summed E-state index contributed by atoms with van der Waals surface area (Å²) in [6.07, 6.45) is 4.47. The molecule has 0 bridgehead atoms. The van der Waals surface area contributed by atoms with Gasteiger partial charge in [0.05, 0.1) is 44.7 Å². The third kappa shape index (κ3) is 25.3. The van der Waals surface area contributed by atoms with E-state index in [1.807, 2.05) is 20.8 Å². The van der Waals surface area contributed by atoms with E-state index in [0.29, 0.717) is 26.4 Å². The zero-order chi connectivity index (χ0) is 21.6.